The topological polar surface area (TPSA) is 99.0 Å². The molecule has 7 nitrogen and oxygen atoms in total. The Morgan fingerprint density at radius 1 is 1.26 bits per heavy atom. The van der Waals surface area contributed by atoms with E-state index in [1.807, 2.05) is 0 Å². The van der Waals surface area contributed by atoms with Crippen molar-refractivity contribution in [2.45, 2.75) is 52.1 Å². The van der Waals surface area contributed by atoms with Crippen LogP contribution in [0.3, 0.4) is 0 Å². The van der Waals surface area contributed by atoms with Crippen molar-refractivity contribution in [3.8, 4) is 0 Å². The summed E-state index contributed by atoms with van der Waals surface area (Å²) in [6.07, 6.45) is 5.33. The zero-order valence-corrected chi connectivity index (χ0v) is 21.3. The number of nitrogens with one attached hydrogen (secondary N) is 1. The maximum Gasteiger partial charge on any atom is 0.243 e. The van der Waals surface area contributed by atoms with Crippen molar-refractivity contribution in [1.82, 2.24) is 9.97 Å². The molecular formula is C25H29N3O4S2. The molecule has 0 bridgehead atoms. The quantitative estimate of drug-likeness (QED) is 0.277. The van der Waals surface area contributed by atoms with Gasteiger partial charge in [-0.15, -0.1) is 0 Å². The minimum absolute atomic E-state index is 0.0444. The Bertz CT molecular complexity index is 1230. The molecule has 1 atom stereocenters. The summed E-state index contributed by atoms with van der Waals surface area (Å²) >= 11 is 2.29. The molecule has 1 aliphatic rings. The summed E-state index contributed by atoms with van der Waals surface area (Å²) in [5, 5.41) is 12.6. The number of para-hydroxylation sites is 1. The highest BCUT2D eigenvalue weighted by Gasteiger charge is 2.40. The van der Waals surface area contributed by atoms with Gasteiger partial charge in [-0.2, -0.15) is 4.73 Å². The van der Waals surface area contributed by atoms with Gasteiger partial charge < -0.3 is 14.9 Å². The average molecular weight is 500 g/mol. The molecule has 1 aliphatic heterocycles. The van der Waals surface area contributed by atoms with Crippen LogP contribution in [0.4, 0.5) is 0 Å². The van der Waals surface area contributed by atoms with Crippen LogP contribution in [-0.2, 0) is 28.0 Å². The Kier molecular flexibility index (Phi) is 7.64. The number of hydrogen-bond donors (Lipinski definition) is 1. The van der Waals surface area contributed by atoms with Crippen LogP contribution >= 0.6 is 23.5 Å². The first-order chi connectivity index (χ1) is 16.4. The predicted molar refractivity (Wildman–Crippen MR) is 136 cm³/mol. The van der Waals surface area contributed by atoms with Crippen LogP contribution < -0.4 is 4.73 Å². The second-order valence-corrected chi connectivity index (χ2v) is 10.6. The Hall–Kier alpha value is -2.36. The lowest BCUT2D eigenvalue weighted by Crippen LogP contribution is -2.37. The summed E-state index contributed by atoms with van der Waals surface area (Å²) in [5.74, 6) is 0.957. The van der Waals surface area contributed by atoms with E-state index in [-0.39, 0.29) is 22.3 Å². The van der Waals surface area contributed by atoms with Crippen LogP contribution in [0.25, 0.3) is 10.9 Å². The molecule has 0 spiro atoms. The zero-order chi connectivity index (χ0) is 24.3. The van der Waals surface area contributed by atoms with Gasteiger partial charge in [-0.3, -0.25) is 9.59 Å². The van der Waals surface area contributed by atoms with Crippen LogP contribution in [0.15, 0.2) is 30.6 Å². The number of aryl methyl sites for hydroxylation is 2. The van der Waals surface area contributed by atoms with Gasteiger partial charge in [-0.05, 0) is 30.4 Å². The third-order valence-corrected chi connectivity index (χ3v) is 8.37. The maximum atomic E-state index is 12.9. The van der Waals surface area contributed by atoms with E-state index in [2.05, 4.69) is 42.0 Å². The molecule has 9 heteroatoms. The van der Waals surface area contributed by atoms with Gasteiger partial charge in [-0.1, -0.05) is 55.6 Å². The van der Waals surface area contributed by atoms with Crippen LogP contribution in [0.2, 0.25) is 0 Å². The second-order valence-electron chi connectivity index (χ2n) is 8.39. The summed E-state index contributed by atoms with van der Waals surface area (Å²) < 4.78 is 6.91. The van der Waals surface area contributed by atoms with Gasteiger partial charge in [0.15, 0.2) is 10.8 Å². The van der Waals surface area contributed by atoms with Crippen molar-refractivity contribution < 1.29 is 19.1 Å². The minimum atomic E-state index is -0.655. The molecule has 1 aromatic carbocycles. The van der Waals surface area contributed by atoms with E-state index in [1.54, 1.807) is 6.92 Å². The number of fused-ring (bicyclic) bond motifs is 3. The number of rotatable bonds is 8. The smallest absolute Gasteiger partial charge is 0.243 e. The number of H-pyrrole nitrogens is 1. The highest BCUT2D eigenvalue weighted by Crippen LogP contribution is 2.43. The Labute approximate surface area is 207 Å². The van der Waals surface area contributed by atoms with Gasteiger partial charge in [0.1, 0.15) is 5.60 Å². The number of thioether (sulfide) groups is 2. The number of aromatic nitrogens is 3. The van der Waals surface area contributed by atoms with E-state index in [9.17, 15) is 14.8 Å². The molecule has 0 saturated heterocycles. The summed E-state index contributed by atoms with van der Waals surface area (Å²) in [6.45, 7) is 6.43. The van der Waals surface area contributed by atoms with Gasteiger partial charge >= 0.3 is 0 Å². The molecule has 1 N–H and O–H groups in total. The molecule has 3 aromatic rings. The van der Waals surface area contributed by atoms with Gasteiger partial charge in [0.25, 0.3) is 0 Å². The number of hydrogen-bond acceptors (Lipinski definition) is 7. The summed E-state index contributed by atoms with van der Waals surface area (Å²) in [5.41, 5.74) is 4.62. The Morgan fingerprint density at radius 3 is 2.79 bits per heavy atom. The molecule has 0 fully saturated rings. The number of carbonyl (C=O) groups excluding carboxylic acids is 2. The fourth-order valence-corrected chi connectivity index (χ4v) is 6.13. The van der Waals surface area contributed by atoms with Crippen molar-refractivity contribution in [3.63, 3.8) is 0 Å². The van der Waals surface area contributed by atoms with E-state index in [1.165, 1.54) is 40.7 Å². The third kappa shape index (κ3) is 4.87. The fraction of sp³-hybridized carbons (Fsp3) is 0.440. The summed E-state index contributed by atoms with van der Waals surface area (Å²) in [6, 6.07) is 6.39. The minimum Gasteiger partial charge on any atom is -0.618 e. The largest absolute Gasteiger partial charge is 0.618 e. The molecule has 34 heavy (non-hydrogen) atoms. The number of aromatic amines is 1. The van der Waals surface area contributed by atoms with E-state index >= 15 is 0 Å². The number of benzene rings is 1. The predicted octanol–water partition coefficient (Wildman–Crippen LogP) is 4.47. The zero-order valence-electron chi connectivity index (χ0n) is 19.7. The normalized spacial score (nSPS) is 17.6. The first-order valence-corrected chi connectivity index (χ1v) is 13.5. The lowest BCUT2D eigenvalue weighted by atomic mass is 9.86. The van der Waals surface area contributed by atoms with Crippen LogP contribution in [0.1, 0.15) is 59.7 Å². The number of ether oxygens (including phenoxy) is 1. The fourth-order valence-electron chi connectivity index (χ4n) is 4.46. The standard InChI is InChI=1S/C25H29N3O4S2/c1-4-17-7-6-8-18-19-9-10-32-25(5-2,23(19)27-22(17)18)13-21(29)33-11-12-34-24(30)20-15-28(31)16(3)14-26-20/h6-8,14-15,27H,4-5,9-13H2,1-3H3. The molecule has 0 saturated carbocycles. The average Bonchev–Trinajstić information content (AvgIpc) is 3.23. The molecule has 1 unspecified atom stereocenters. The van der Waals surface area contributed by atoms with Gasteiger partial charge in [0, 0.05) is 29.3 Å². The molecule has 0 radical (unpaired) electrons. The van der Waals surface area contributed by atoms with Crippen molar-refractivity contribution in [1.29, 1.82) is 0 Å². The summed E-state index contributed by atoms with van der Waals surface area (Å²) in [4.78, 5) is 32.8. The SMILES string of the molecule is CCc1cccc2c3c([nH]c12)C(CC)(CC(=O)SCCSC(=O)c1c[n+]([O-])c(C)cn1)OCC3. The highest BCUT2D eigenvalue weighted by molar-refractivity contribution is 8.17. The van der Waals surface area contributed by atoms with Crippen molar-refractivity contribution in [3.05, 3.63) is 64.0 Å². The van der Waals surface area contributed by atoms with Crippen LogP contribution in [0, 0.1) is 12.1 Å². The second kappa shape index (κ2) is 10.5. The van der Waals surface area contributed by atoms with Crippen molar-refractivity contribution in [2.24, 2.45) is 0 Å². The van der Waals surface area contributed by atoms with Crippen LogP contribution in [0.5, 0.6) is 0 Å². The Balaban J connectivity index is 1.40. The third-order valence-electron chi connectivity index (χ3n) is 6.36. The molecule has 180 valence electrons. The highest BCUT2D eigenvalue weighted by atomic mass is 32.2. The number of carbonyl (C=O) groups is 2. The van der Waals surface area contributed by atoms with E-state index in [0.717, 1.165) is 35.8 Å². The monoisotopic (exact) mass is 499 g/mol. The van der Waals surface area contributed by atoms with Crippen LogP contribution in [-0.4, -0.2) is 38.3 Å². The lowest BCUT2D eigenvalue weighted by Gasteiger charge is -2.36. The first kappa shape index (κ1) is 24.8. The van der Waals surface area contributed by atoms with Gasteiger partial charge in [0.2, 0.25) is 17.0 Å². The first-order valence-electron chi connectivity index (χ1n) is 11.5. The Morgan fingerprint density at radius 2 is 2.06 bits per heavy atom. The van der Waals surface area contributed by atoms with E-state index < -0.39 is 5.60 Å². The molecule has 2 aromatic heterocycles. The molecular weight excluding hydrogens is 470 g/mol. The molecule has 0 aliphatic carbocycles. The molecule has 3 heterocycles. The maximum absolute atomic E-state index is 12.9. The lowest BCUT2D eigenvalue weighted by molar-refractivity contribution is -0.613. The summed E-state index contributed by atoms with van der Waals surface area (Å²) in [7, 11) is 0. The van der Waals surface area contributed by atoms with Crippen molar-refractivity contribution >= 4 is 44.7 Å². The molecule has 4 rings (SSSR count). The van der Waals surface area contributed by atoms with E-state index in [4.69, 9.17) is 4.74 Å². The van der Waals surface area contributed by atoms with Gasteiger partial charge in [-0.25, -0.2) is 4.98 Å². The number of nitrogens with zero attached hydrogens (tertiary/aromatic N) is 2. The van der Waals surface area contributed by atoms with E-state index in [0.29, 0.717) is 35.0 Å². The van der Waals surface area contributed by atoms with Crippen molar-refractivity contribution in [2.75, 3.05) is 18.1 Å². The molecule has 0 amide bonds. The van der Waals surface area contributed by atoms with Gasteiger partial charge in [0.05, 0.1) is 24.9 Å².